The summed E-state index contributed by atoms with van der Waals surface area (Å²) < 4.78 is 0. The number of fused-ring (bicyclic) bond motifs is 1. The van der Waals surface area contributed by atoms with Crippen molar-refractivity contribution in [1.29, 1.82) is 0 Å². The topological polar surface area (TPSA) is 33.1 Å². The zero-order valence-electron chi connectivity index (χ0n) is 9.19. The smallest absolute Gasteiger partial charge is 0.0490 e. The number of hydrogen-bond donors (Lipinski definition) is 1. The Hall–Kier alpha value is -1.41. The molecule has 1 saturated carbocycles. The van der Waals surface area contributed by atoms with Crippen LogP contribution >= 0.6 is 0 Å². The molecular weight excluding hydrogens is 198 g/mol. The van der Waals surface area contributed by atoms with E-state index in [9.17, 15) is 5.11 Å². The highest BCUT2D eigenvalue weighted by Gasteiger charge is 2.41. The molecule has 16 heavy (non-hydrogen) atoms. The maximum Gasteiger partial charge on any atom is 0.0490 e. The third kappa shape index (κ3) is 1.59. The van der Waals surface area contributed by atoms with Crippen LogP contribution in [0.5, 0.6) is 0 Å². The number of aliphatic hydroxyl groups excluding tert-OH is 1. The minimum absolute atomic E-state index is 0.178. The van der Waals surface area contributed by atoms with E-state index in [1.54, 1.807) is 0 Å². The van der Waals surface area contributed by atoms with Crippen molar-refractivity contribution in [3.05, 3.63) is 42.2 Å². The Balaban J connectivity index is 2.03. The first-order chi connectivity index (χ1) is 7.83. The molecular formula is C14H15NO. The molecule has 1 aliphatic carbocycles. The molecule has 3 rings (SSSR count). The minimum Gasteiger partial charge on any atom is -0.396 e. The molecule has 0 radical (unpaired) electrons. The zero-order valence-corrected chi connectivity index (χ0v) is 9.19. The van der Waals surface area contributed by atoms with Crippen LogP contribution in [0, 0.1) is 5.41 Å². The van der Waals surface area contributed by atoms with Gasteiger partial charge in [0.15, 0.2) is 0 Å². The van der Waals surface area contributed by atoms with Crippen molar-refractivity contribution in [3.8, 4) is 0 Å². The highest BCUT2D eigenvalue weighted by atomic mass is 16.3. The first-order valence-electron chi connectivity index (χ1n) is 5.76. The molecule has 1 aromatic carbocycles. The molecule has 1 N–H and O–H groups in total. The highest BCUT2D eigenvalue weighted by molar-refractivity contribution is 5.84. The number of benzene rings is 1. The Morgan fingerprint density at radius 3 is 2.88 bits per heavy atom. The largest absolute Gasteiger partial charge is 0.396 e. The van der Waals surface area contributed by atoms with E-state index in [4.69, 9.17) is 0 Å². The molecule has 0 atom stereocenters. The van der Waals surface area contributed by atoms with Gasteiger partial charge in [-0.2, -0.15) is 0 Å². The molecule has 0 saturated heterocycles. The van der Waals surface area contributed by atoms with Gasteiger partial charge >= 0.3 is 0 Å². The maximum atomic E-state index is 9.38. The molecule has 2 heteroatoms. The van der Waals surface area contributed by atoms with Gasteiger partial charge in [0.25, 0.3) is 0 Å². The quantitative estimate of drug-likeness (QED) is 0.850. The van der Waals surface area contributed by atoms with Crippen LogP contribution in [0.2, 0.25) is 0 Å². The van der Waals surface area contributed by atoms with Gasteiger partial charge in [-0.3, -0.25) is 4.98 Å². The molecule has 82 valence electrons. The number of pyridine rings is 1. The predicted molar refractivity (Wildman–Crippen MR) is 64.2 cm³/mol. The van der Waals surface area contributed by atoms with Crippen LogP contribution in [0.15, 0.2) is 36.7 Å². The van der Waals surface area contributed by atoms with Crippen molar-refractivity contribution in [2.75, 3.05) is 6.61 Å². The summed E-state index contributed by atoms with van der Waals surface area (Å²) in [5.74, 6) is 0. The number of hydrogen-bond acceptors (Lipinski definition) is 2. The molecule has 1 aromatic heterocycles. The lowest BCUT2D eigenvalue weighted by molar-refractivity contribution is 0.211. The summed E-state index contributed by atoms with van der Waals surface area (Å²) in [6.45, 7) is 0.314. The lowest BCUT2D eigenvalue weighted by Gasteiger charge is -2.13. The predicted octanol–water partition coefficient (Wildman–Crippen LogP) is 2.55. The molecule has 0 aliphatic heterocycles. The van der Waals surface area contributed by atoms with E-state index < -0.39 is 0 Å². The summed E-state index contributed by atoms with van der Waals surface area (Å²) in [7, 11) is 0. The molecule has 0 unspecified atom stereocenters. The van der Waals surface area contributed by atoms with Crippen LogP contribution in [-0.4, -0.2) is 16.7 Å². The van der Waals surface area contributed by atoms with E-state index in [1.165, 1.54) is 16.3 Å². The Labute approximate surface area is 94.9 Å². The fraction of sp³-hybridized carbons (Fsp3) is 0.357. The standard InChI is InChI=1S/C14H15NO/c16-10-14(5-6-14)8-11-2-1-3-12-9-15-7-4-13(11)12/h1-4,7,9,16H,5-6,8,10H2. The highest BCUT2D eigenvalue weighted by Crippen LogP contribution is 2.48. The summed E-state index contributed by atoms with van der Waals surface area (Å²) in [5, 5.41) is 11.8. The van der Waals surface area contributed by atoms with Crippen molar-refractivity contribution in [2.24, 2.45) is 5.41 Å². The van der Waals surface area contributed by atoms with Gasteiger partial charge in [0, 0.05) is 24.4 Å². The molecule has 0 bridgehead atoms. The van der Waals surface area contributed by atoms with Crippen molar-refractivity contribution in [3.63, 3.8) is 0 Å². The van der Waals surface area contributed by atoms with Gasteiger partial charge in [-0.1, -0.05) is 18.2 Å². The fourth-order valence-corrected chi connectivity index (χ4v) is 2.32. The van der Waals surface area contributed by atoms with Gasteiger partial charge in [-0.25, -0.2) is 0 Å². The average Bonchev–Trinajstić information content (AvgIpc) is 3.10. The van der Waals surface area contributed by atoms with Crippen LogP contribution in [-0.2, 0) is 6.42 Å². The van der Waals surface area contributed by atoms with Crippen LogP contribution in [0.4, 0.5) is 0 Å². The summed E-state index contributed by atoms with van der Waals surface area (Å²) in [4.78, 5) is 4.14. The zero-order chi connectivity index (χ0) is 11.0. The van der Waals surface area contributed by atoms with Crippen molar-refractivity contribution in [1.82, 2.24) is 4.98 Å². The van der Waals surface area contributed by atoms with Gasteiger partial charge in [0.1, 0.15) is 0 Å². The second-order valence-corrected chi connectivity index (χ2v) is 4.85. The van der Waals surface area contributed by atoms with Crippen molar-refractivity contribution >= 4 is 10.8 Å². The van der Waals surface area contributed by atoms with E-state index in [2.05, 4.69) is 29.2 Å². The van der Waals surface area contributed by atoms with Gasteiger partial charge < -0.3 is 5.11 Å². The summed E-state index contributed by atoms with van der Waals surface area (Å²) in [6, 6.07) is 8.40. The average molecular weight is 213 g/mol. The maximum absolute atomic E-state index is 9.38. The monoisotopic (exact) mass is 213 g/mol. The van der Waals surface area contributed by atoms with Crippen LogP contribution < -0.4 is 0 Å². The van der Waals surface area contributed by atoms with E-state index in [0.717, 1.165) is 19.3 Å². The van der Waals surface area contributed by atoms with Crippen LogP contribution in [0.25, 0.3) is 10.8 Å². The van der Waals surface area contributed by atoms with E-state index in [0.29, 0.717) is 6.61 Å². The molecule has 2 aromatic rings. The lowest BCUT2D eigenvalue weighted by atomic mass is 9.94. The lowest BCUT2D eigenvalue weighted by Crippen LogP contribution is -2.10. The fourth-order valence-electron chi connectivity index (χ4n) is 2.32. The van der Waals surface area contributed by atoms with Gasteiger partial charge in [-0.05, 0) is 41.7 Å². The number of rotatable bonds is 3. The van der Waals surface area contributed by atoms with E-state index in [1.807, 2.05) is 12.4 Å². The first-order valence-corrected chi connectivity index (χ1v) is 5.76. The number of aromatic nitrogens is 1. The molecule has 2 nitrogen and oxygen atoms in total. The van der Waals surface area contributed by atoms with Gasteiger partial charge in [0.05, 0.1) is 0 Å². The second kappa shape index (κ2) is 3.56. The third-order valence-electron chi connectivity index (χ3n) is 3.63. The Kier molecular flexibility index (Phi) is 2.18. The van der Waals surface area contributed by atoms with E-state index >= 15 is 0 Å². The minimum atomic E-state index is 0.178. The number of nitrogens with zero attached hydrogens (tertiary/aromatic N) is 1. The SMILES string of the molecule is OCC1(Cc2cccc3cnccc23)CC1. The van der Waals surface area contributed by atoms with Gasteiger partial charge in [0.2, 0.25) is 0 Å². The molecule has 1 fully saturated rings. The third-order valence-corrected chi connectivity index (χ3v) is 3.63. The summed E-state index contributed by atoms with van der Waals surface area (Å²) in [5.41, 5.74) is 1.52. The van der Waals surface area contributed by atoms with Crippen LogP contribution in [0.1, 0.15) is 18.4 Å². The Morgan fingerprint density at radius 1 is 1.25 bits per heavy atom. The van der Waals surface area contributed by atoms with Crippen molar-refractivity contribution in [2.45, 2.75) is 19.3 Å². The van der Waals surface area contributed by atoms with Crippen LogP contribution in [0.3, 0.4) is 0 Å². The molecule has 1 aliphatic rings. The van der Waals surface area contributed by atoms with Crippen molar-refractivity contribution < 1.29 is 5.11 Å². The second-order valence-electron chi connectivity index (χ2n) is 4.85. The molecule has 1 heterocycles. The number of aliphatic hydroxyl groups is 1. The Morgan fingerprint density at radius 2 is 2.12 bits per heavy atom. The molecule has 0 amide bonds. The van der Waals surface area contributed by atoms with E-state index in [-0.39, 0.29) is 5.41 Å². The first kappa shape index (κ1) is 9.79. The van der Waals surface area contributed by atoms with Gasteiger partial charge in [-0.15, -0.1) is 0 Å². The summed E-state index contributed by atoms with van der Waals surface area (Å²) in [6.07, 6.45) is 7.04. The normalized spacial score (nSPS) is 17.6. The molecule has 0 spiro atoms. The Bertz CT molecular complexity index is 512. The summed E-state index contributed by atoms with van der Waals surface area (Å²) >= 11 is 0.